The average Bonchev–Trinajstić information content (AvgIpc) is 3.00. The quantitative estimate of drug-likeness (QED) is 0.680. The molecule has 6 nitrogen and oxygen atoms in total. The van der Waals surface area contributed by atoms with Gasteiger partial charge in [0.15, 0.2) is 5.69 Å². The number of alkyl halides is 3. The van der Waals surface area contributed by atoms with Crippen LogP contribution in [0.5, 0.6) is 0 Å². The molecule has 0 saturated heterocycles. The van der Waals surface area contributed by atoms with Crippen molar-refractivity contribution in [2.75, 3.05) is 5.73 Å². The maximum absolute atomic E-state index is 13.2. The van der Waals surface area contributed by atoms with Gasteiger partial charge in [0, 0.05) is 11.3 Å². The predicted molar refractivity (Wildman–Crippen MR) is 89.8 cm³/mol. The van der Waals surface area contributed by atoms with Gasteiger partial charge in [0.25, 0.3) is 0 Å². The number of para-hydroxylation sites is 1. The molecule has 0 saturated carbocycles. The third kappa shape index (κ3) is 3.41. The molecule has 1 heterocycles. The van der Waals surface area contributed by atoms with Gasteiger partial charge < -0.3 is 5.73 Å². The van der Waals surface area contributed by atoms with Gasteiger partial charge in [0.1, 0.15) is 4.90 Å². The lowest BCUT2D eigenvalue weighted by Gasteiger charge is -2.11. The molecule has 0 aliphatic rings. The van der Waals surface area contributed by atoms with Crippen LogP contribution < -0.4 is 10.9 Å². The Labute approximate surface area is 146 Å². The molecule has 3 rings (SSSR count). The number of nitrogens with zero attached hydrogens (tertiary/aromatic N) is 2. The minimum atomic E-state index is -4.70. The Balaban J connectivity index is 2.31. The first-order chi connectivity index (χ1) is 12.1. The molecule has 3 aromatic rings. The van der Waals surface area contributed by atoms with Crippen LogP contribution in [0.3, 0.4) is 0 Å². The standard InChI is InChI=1S/C16H13F3N4O2S/c17-16(18,19)15-9-13(10-5-7-11(20)8-6-10)23(22-15)12-3-1-2-4-14(12)26(21,24)25/h1-9H,20H2,(H2,21,24,25). The number of hydrogen-bond donors (Lipinski definition) is 2. The highest BCUT2D eigenvalue weighted by atomic mass is 32.2. The van der Waals surface area contributed by atoms with Gasteiger partial charge in [-0.25, -0.2) is 18.2 Å². The van der Waals surface area contributed by atoms with Gasteiger partial charge in [0.2, 0.25) is 10.0 Å². The number of primary sulfonamides is 1. The molecule has 26 heavy (non-hydrogen) atoms. The molecule has 0 amide bonds. The van der Waals surface area contributed by atoms with Gasteiger partial charge in [-0.3, -0.25) is 0 Å². The van der Waals surface area contributed by atoms with E-state index in [1.807, 2.05) is 0 Å². The van der Waals surface area contributed by atoms with Crippen LogP contribution in [0.1, 0.15) is 5.69 Å². The van der Waals surface area contributed by atoms with Crippen LogP contribution >= 0.6 is 0 Å². The summed E-state index contributed by atoms with van der Waals surface area (Å²) in [4.78, 5) is -0.339. The summed E-state index contributed by atoms with van der Waals surface area (Å²) in [7, 11) is -4.18. The molecule has 0 atom stereocenters. The van der Waals surface area contributed by atoms with E-state index in [4.69, 9.17) is 10.9 Å². The van der Waals surface area contributed by atoms with Crippen LogP contribution in [-0.4, -0.2) is 18.2 Å². The fourth-order valence-corrected chi connectivity index (χ4v) is 3.15. The minimum absolute atomic E-state index is 0.0495. The van der Waals surface area contributed by atoms with Gasteiger partial charge in [-0.2, -0.15) is 18.3 Å². The van der Waals surface area contributed by atoms with E-state index < -0.39 is 21.9 Å². The number of hydrogen-bond acceptors (Lipinski definition) is 4. The van der Waals surface area contributed by atoms with Crippen LogP contribution in [0.15, 0.2) is 59.5 Å². The van der Waals surface area contributed by atoms with Gasteiger partial charge in [-0.1, -0.05) is 24.3 Å². The number of halogens is 3. The van der Waals surface area contributed by atoms with E-state index in [0.717, 1.165) is 10.7 Å². The lowest BCUT2D eigenvalue weighted by Crippen LogP contribution is -2.16. The number of rotatable bonds is 3. The Kier molecular flexibility index (Phi) is 4.24. The van der Waals surface area contributed by atoms with Crippen LogP contribution in [0, 0.1) is 0 Å². The van der Waals surface area contributed by atoms with Crippen molar-refractivity contribution in [3.8, 4) is 16.9 Å². The van der Waals surface area contributed by atoms with Crippen molar-refractivity contribution in [2.24, 2.45) is 5.14 Å². The van der Waals surface area contributed by atoms with Crippen molar-refractivity contribution in [1.29, 1.82) is 0 Å². The molecule has 4 N–H and O–H groups in total. The Morgan fingerprint density at radius 3 is 2.19 bits per heavy atom. The summed E-state index contributed by atoms with van der Waals surface area (Å²) in [6, 6.07) is 12.3. The van der Waals surface area contributed by atoms with Crippen LogP contribution in [0.25, 0.3) is 16.9 Å². The fraction of sp³-hybridized carbons (Fsp3) is 0.0625. The zero-order valence-corrected chi connectivity index (χ0v) is 13.9. The maximum atomic E-state index is 13.2. The van der Waals surface area contributed by atoms with E-state index in [0.29, 0.717) is 11.3 Å². The summed E-state index contributed by atoms with van der Waals surface area (Å²) < 4.78 is 64.1. The molecule has 0 bridgehead atoms. The number of nitrogen functional groups attached to an aromatic ring is 1. The molecule has 10 heteroatoms. The maximum Gasteiger partial charge on any atom is 0.435 e. The predicted octanol–water partition coefficient (Wildman–Crippen LogP) is 2.79. The molecule has 0 aliphatic carbocycles. The van der Waals surface area contributed by atoms with E-state index in [1.54, 1.807) is 0 Å². The van der Waals surface area contributed by atoms with Crippen LogP contribution in [-0.2, 0) is 16.2 Å². The highest BCUT2D eigenvalue weighted by Crippen LogP contribution is 2.34. The molecule has 136 valence electrons. The average molecular weight is 382 g/mol. The highest BCUT2D eigenvalue weighted by Gasteiger charge is 2.35. The number of aromatic nitrogens is 2. The summed E-state index contributed by atoms with van der Waals surface area (Å²) in [6.07, 6.45) is -4.70. The van der Waals surface area contributed by atoms with Crippen molar-refractivity contribution < 1.29 is 21.6 Å². The second-order valence-electron chi connectivity index (χ2n) is 5.46. The summed E-state index contributed by atoms with van der Waals surface area (Å²) in [6.45, 7) is 0. The second kappa shape index (κ2) is 6.15. The zero-order valence-electron chi connectivity index (χ0n) is 13.1. The summed E-state index contributed by atoms with van der Waals surface area (Å²) >= 11 is 0. The molecule has 0 fully saturated rings. The Hall–Kier alpha value is -2.85. The summed E-state index contributed by atoms with van der Waals surface area (Å²) in [5.74, 6) is 0. The van der Waals surface area contributed by atoms with Crippen molar-refractivity contribution in [1.82, 2.24) is 9.78 Å². The minimum Gasteiger partial charge on any atom is -0.399 e. The highest BCUT2D eigenvalue weighted by molar-refractivity contribution is 7.89. The molecular formula is C16H13F3N4O2S. The number of sulfonamides is 1. The van der Waals surface area contributed by atoms with Crippen molar-refractivity contribution in [2.45, 2.75) is 11.1 Å². The van der Waals surface area contributed by atoms with E-state index in [1.165, 1.54) is 48.5 Å². The molecule has 0 aliphatic heterocycles. The Morgan fingerprint density at radius 2 is 1.62 bits per heavy atom. The van der Waals surface area contributed by atoms with Gasteiger partial charge in [-0.05, 0) is 30.3 Å². The summed E-state index contributed by atoms with van der Waals surface area (Å²) in [5.41, 5.74) is 5.23. The third-order valence-electron chi connectivity index (χ3n) is 3.61. The molecule has 0 spiro atoms. The SMILES string of the molecule is Nc1ccc(-c2cc(C(F)(F)F)nn2-c2ccccc2S(N)(=O)=O)cc1. The van der Waals surface area contributed by atoms with E-state index in [2.05, 4.69) is 5.10 Å². The van der Waals surface area contributed by atoms with Gasteiger partial charge in [-0.15, -0.1) is 0 Å². The fourth-order valence-electron chi connectivity index (χ4n) is 2.44. The van der Waals surface area contributed by atoms with E-state index in [-0.39, 0.29) is 16.3 Å². The van der Waals surface area contributed by atoms with Gasteiger partial charge >= 0.3 is 6.18 Å². The normalized spacial score (nSPS) is 12.3. The molecular weight excluding hydrogens is 369 g/mol. The monoisotopic (exact) mass is 382 g/mol. The van der Waals surface area contributed by atoms with E-state index in [9.17, 15) is 21.6 Å². The number of benzene rings is 2. The number of nitrogens with two attached hydrogens (primary N) is 2. The molecule has 0 unspecified atom stereocenters. The topological polar surface area (TPSA) is 104 Å². The first kappa shape index (κ1) is 18.0. The van der Waals surface area contributed by atoms with Crippen molar-refractivity contribution in [3.63, 3.8) is 0 Å². The van der Waals surface area contributed by atoms with E-state index >= 15 is 0 Å². The van der Waals surface area contributed by atoms with Gasteiger partial charge in [0.05, 0.1) is 11.4 Å². The third-order valence-corrected chi connectivity index (χ3v) is 4.56. The second-order valence-corrected chi connectivity index (χ2v) is 6.99. The molecule has 2 aromatic carbocycles. The molecule has 1 aromatic heterocycles. The largest absolute Gasteiger partial charge is 0.435 e. The Morgan fingerprint density at radius 1 is 1.00 bits per heavy atom. The Bertz CT molecular complexity index is 1060. The lowest BCUT2D eigenvalue weighted by molar-refractivity contribution is -0.141. The smallest absolute Gasteiger partial charge is 0.399 e. The van der Waals surface area contributed by atoms with Crippen molar-refractivity contribution in [3.05, 3.63) is 60.3 Å². The zero-order chi connectivity index (χ0) is 19.1. The summed E-state index contributed by atoms with van der Waals surface area (Å²) in [5, 5.41) is 8.75. The lowest BCUT2D eigenvalue weighted by atomic mass is 10.1. The molecule has 0 radical (unpaired) electrons. The van der Waals surface area contributed by atoms with Crippen molar-refractivity contribution >= 4 is 15.7 Å². The van der Waals surface area contributed by atoms with Crippen LogP contribution in [0.4, 0.5) is 18.9 Å². The first-order valence-electron chi connectivity index (χ1n) is 7.23. The number of anilines is 1. The van der Waals surface area contributed by atoms with Crippen LogP contribution in [0.2, 0.25) is 0 Å². The first-order valence-corrected chi connectivity index (χ1v) is 8.77.